The Bertz CT molecular complexity index is 572. The predicted octanol–water partition coefficient (Wildman–Crippen LogP) is 0.0675. The summed E-state index contributed by atoms with van der Waals surface area (Å²) >= 11 is 0. The number of aromatic nitrogens is 6. The summed E-state index contributed by atoms with van der Waals surface area (Å²) in [4.78, 5) is 14.7. The van der Waals surface area contributed by atoms with Crippen molar-refractivity contribution in [1.82, 2.24) is 29.7 Å². The van der Waals surface area contributed by atoms with Gasteiger partial charge in [-0.2, -0.15) is 37.9 Å². The number of hydrogen-bond donors (Lipinski definition) is 2. The summed E-state index contributed by atoms with van der Waals surface area (Å²) in [6.45, 7) is 0.828. The highest BCUT2D eigenvalue weighted by Crippen LogP contribution is 2.23. The summed E-state index contributed by atoms with van der Waals surface area (Å²) in [6.07, 6.45) is -4.17. The average molecular weight is 290 g/mol. The topological polar surface area (TPSA) is 117 Å². The first kappa shape index (κ1) is 13.9. The van der Waals surface area contributed by atoms with Gasteiger partial charge < -0.3 is 4.74 Å². The van der Waals surface area contributed by atoms with E-state index in [1.807, 2.05) is 0 Å². The number of hydrogen-bond acceptors (Lipinski definition) is 8. The van der Waals surface area contributed by atoms with Gasteiger partial charge in [-0.1, -0.05) is 0 Å². The standard InChI is InChI=1S/C8H9F3N8O/c1-4(8(9,10)11)20-7-16-5(18-12)15-6(17-7)19-3-13-2-14-19/h2-4H,12H2,1H3,(H,15,16,17,18). The first-order valence-electron chi connectivity index (χ1n) is 5.21. The Morgan fingerprint density at radius 3 is 2.65 bits per heavy atom. The molecular weight excluding hydrogens is 281 g/mol. The lowest BCUT2D eigenvalue weighted by atomic mass is 10.4. The Labute approximate surface area is 110 Å². The van der Waals surface area contributed by atoms with Gasteiger partial charge in [-0.3, -0.25) is 5.43 Å². The number of anilines is 1. The zero-order chi connectivity index (χ0) is 14.8. The molecule has 0 radical (unpaired) electrons. The summed E-state index contributed by atoms with van der Waals surface area (Å²) < 4.78 is 43.0. The number of ether oxygens (including phenoxy) is 1. The molecule has 0 spiro atoms. The molecule has 2 heterocycles. The van der Waals surface area contributed by atoms with Crippen LogP contribution in [0.2, 0.25) is 0 Å². The van der Waals surface area contributed by atoms with Crippen LogP contribution in [0.15, 0.2) is 12.7 Å². The molecule has 2 aromatic rings. The molecule has 0 amide bonds. The largest absolute Gasteiger partial charge is 0.451 e. The minimum atomic E-state index is -4.55. The minimum absolute atomic E-state index is 0.0881. The second kappa shape index (κ2) is 5.24. The second-order valence-electron chi connectivity index (χ2n) is 3.53. The van der Waals surface area contributed by atoms with Gasteiger partial charge in [-0.15, -0.1) is 0 Å². The Morgan fingerprint density at radius 1 is 1.35 bits per heavy atom. The number of halogens is 3. The van der Waals surface area contributed by atoms with Crippen LogP contribution in [0.5, 0.6) is 6.01 Å². The van der Waals surface area contributed by atoms with Crippen LogP contribution >= 0.6 is 0 Å². The Balaban J connectivity index is 2.32. The molecule has 0 saturated carbocycles. The van der Waals surface area contributed by atoms with E-state index in [1.54, 1.807) is 0 Å². The van der Waals surface area contributed by atoms with E-state index in [4.69, 9.17) is 5.84 Å². The Kier molecular flexibility index (Phi) is 3.65. The van der Waals surface area contributed by atoms with E-state index in [2.05, 4.69) is 35.2 Å². The lowest BCUT2D eigenvalue weighted by Gasteiger charge is -2.16. The molecule has 0 aromatic carbocycles. The molecule has 0 aliphatic carbocycles. The lowest BCUT2D eigenvalue weighted by Crippen LogP contribution is -2.32. The molecule has 20 heavy (non-hydrogen) atoms. The summed E-state index contributed by atoms with van der Waals surface area (Å²) in [5.74, 6) is 4.87. The van der Waals surface area contributed by atoms with Gasteiger partial charge in [0.1, 0.15) is 12.7 Å². The maximum absolute atomic E-state index is 12.4. The molecule has 3 N–H and O–H groups in total. The summed E-state index contributed by atoms with van der Waals surface area (Å²) in [5.41, 5.74) is 2.10. The van der Waals surface area contributed by atoms with E-state index in [0.717, 1.165) is 11.6 Å². The third kappa shape index (κ3) is 3.09. The van der Waals surface area contributed by atoms with Crippen LogP contribution in [0.4, 0.5) is 19.1 Å². The third-order valence-electron chi connectivity index (χ3n) is 2.10. The van der Waals surface area contributed by atoms with E-state index in [9.17, 15) is 13.2 Å². The van der Waals surface area contributed by atoms with E-state index < -0.39 is 18.3 Å². The van der Waals surface area contributed by atoms with Gasteiger partial charge in [0.25, 0.3) is 5.95 Å². The number of hydrazine groups is 1. The SMILES string of the molecule is CC(Oc1nc(NN)nc(-n2cncn2)n1)C(F)(F)F. The fourth-order valence-electron chi connectivity index (χ4n) is 1.10. The zero-order valence-electron chi connectivity index (χ0n) is 10.0. The number of nitrogens with zero attached hydrogens (tertiary/aromatic N) is 6. The molecule has 0 saturated heterocycles. The van der Waals surface area contributed by atoms with Crippen molar-refractivity contribution in [3.63, 3.8) is 0 Å². The zero-order valence-corrected chi connectivity index (χ0v) is 10.0. The molecule has 2 aromatic heterocycles. The minimum Gasteiger partial charge on any atom is -0.451 e. The molecule has 2 rings (SSSR count). The van der Waals surface area contributed by atoms with Crippen molar-refractivity contribution in [3.05, 3.63) is 12.7 Å². The summed E-state index contributed by atoms with van der Waals surface area (Å²) in [7, 11) is 0. The van der Waals surface area contributed by atoms with Crippen LogP contribution in [0.1, 0.15) is 6.92 Å². The number of alkyl halides is 3. The van der Waals surface area contributed by atoms with Gasteiger partial charge in [0.15, 0.2) is 6.10 Å². The highest BCUT2D eigenvalue weighted by atomic mass is 19.4. The van der Waals surface area contributed by atoms with Crippen LogP contribution < -0.4 is 16.0 Å². The maximum Gasteiger partial charge on any atom is 0.425 e. The molecule has 9 nitrogen and oxygen atoms in total. The monoisotopic (exact) mass is 290 g/mol. The molecule has 108 valence electrons. The Hall–Kier alpha value is -2.50. The molecule has 0 aliphatic heterocycles. The highest BCUT2D eigenvalue weighted by Gasteiger charge is 2.38. The summed E-state index contributed by atoms with van der Waals surface area (Å²) in [5, 5.41) is 3.74. The smallest absolute Gasteiger partial charge is 0.425 e. The first-order valence-corrected chi connectivity index (χ1v) is 5.21. The molecule has 0 fully saturated rings. The van der Waals surface area contributed by atoms with Crippen LogP contribution in [0.25, 0.3) is 5.95 Å². The maximum atomic E-state index is 12.4. The highest BCUT2D eigenvalue weighted by molar-refractivity contribution is 5.28. The van der Waals surface area contributed by atoms with Crippen LogP contribution in [0, 0.1) is 0 Å². The van der Waals surface area contributed by atoms with Crippen molar-refractivity contribution >= 4 is 5.95 Å². The van der Waals surface area contributed by atoms with E-state index >= 15 is 0 Å². The second-order valence-corrected chi connectivity index (χ2v) is 3.53. The average Bonchev–Trinajstić information content (AvgIpc) is 2.91. The van der Waals surface area contributed by atoms with Crippen LogP contribution in [-0.2, 0) is 0 Å². The Morgan fingerprint density at radius 2 is 2.10 bits per heavy atom. The summed E-state index contributed by atoms with van der Waals surface area (Å²) in [6, 6.07) is -0.539. The molecule has 0 aliphatic rings. The van der Waals surface area contributed by atoms with Crippen molar-refractivity contribution < 1.29 is 17.9 Å². The first-order chi connectivity index (χ1) is 9.40. The van der Waals surface area contributed by atoms with Gasteiger partial charge >= 0.3 is 12.2 Å². The van der Waals surface area contributed by atoms with Crippen molar-refractivity contribution in [2.24, 2.45) is 5.84 Å². The predicted molar refractivity (Wildman–Crippen MR) is 58.7 cm³/mol. The molecule has 1 unspecified atom stereocenters. The number of nitrogens with one attached hydrogen (secondary N) is 1. The van der Waals surface area contributed by atoms with Gasteiger partial charge in [-0.05, 0) is 6.92 Å². The van der Waals surface area contributed by atoms with Gasteiger partial charge in [0.05, 0.1) is 0 Å². The third-order valence-corrected chi connectivity index (χ3v) is 2.10. The number of nitrogen functional groups attached to an aromatic ring is 1. The van der Waals surface area contributed by atoms with Crippen LogP contribution in [-0.4, -0.2) is 42.0 Å². The lowest BCUT2D eigenvalue weighted by molar-refractivity contribution is -0.190. The number of rotatable bonds is 4. The van der Waals surface area contributed by atoms with Gasteiger partial charge in [-0.25, -0.2) is 10.8 Å². The fraction of sp³-hybridized carbons (Fsp3) is 0.375. The van der Waals surface area contributed by atoms with Crippen molar-refractivity contribution in [2.45, 2.75) is 19.2 Å². The quantitative estimate of drug-likeness (QED) is 0.600. The molecule has 1 atom stereocenters. The van der Waals surface area contributed by atoms with Crippen LogP contribution in [0.3, 0.4) is 0 Å². The van der Waals surface area contributed by atoms with E-state index in [0.29, 0.717) is 0 Å². The van der Waals surface area contributed by atoms with Crippen molar-refractivity contribution in [3.8, 4) is 12.0 Å². The number of nitrogens with two attached hydrogens (primary N) is 1. The van der Waals surface area contributed by atoms with E-state index in [-0.39, 0.29) is 11.9 Å². The fourth-order valence-corrected chi connectivity index (χ4v) is 1.10. The molecular formula is C8H9F3N8O. The van der Waals surface area contributed by atoms with Crippen molar-refractivity contribution in [2.75, 3.05) is 5.43 Å². The van der Waals surface area contributed by atoms with E-state index in [1.165, 1.54) is 12.7 Å². The normalized spacial score (nSPS) is 13.1. The van der Waals surface area contributed by atoms with Crippen molar-refractivity contribution in [1.29, 1.82) is 0 Å². The molecule has 12 heteroatoms. The van der Waals surface area contributed by atoms with Gasteiger partial charge in [0, 0.05) is 0 Å². The molecule has 0 bridgehead atoms. The van der Waals surface area contributed by atoms with Gasteiger partial charge in [0.2, 0.25) is 5.95 Å².